The fraction of sp³-hybridized carbons (Fsp3) is 0.0909. The molecule has 0 heterocycles. The van der Waals surface area contributed by atoms with Crippen LogP contribution in [0.5, 0.6) is 5.75 Å². The maximum Gasteiger partial charge on any atom is 0.277 e. The Morgan fingerprint density at radius 2 is 1.73 bits per heavy atom. The highest BCUT2D eigenvalue weighted by atomic mass is 16.5. The normalized spacial score (nSPS) is 11.7. The number of nitrogens with one attached hydrogen (secondary N) is 1. The van der Waals surface area contributed by atoms with Gasteiger partial charge in [0.1, 0.15) is 5.75 Å². The van der Waals surface area contributed by atoms with Crippen molar-refractivity contribution in [2.75, 3.05) is 6.61 Å². The summed E-state index contributed by atoms with van der Waals surface area (Å²) in [4.78, 5) is 11.9. The van der Waals surface area contributed by atoms with Crippen LogP contribution in [0, 0.1) is 0 Å². The third-order valence-electron chi connectivity index (χ3n) is 3.76. The predicted molar refractivity (Wildman–Crippen MR) is 106 cm³/mol. The summed E-state index contributed by atoms with van der Waals surface area (Å²) in [7, 11) is 0. The Morgan fingerprint density at radius 1 is 1.00 bits per heavy atom. The van der Waals surface area contributed by atoms with E-state index in [9.17, 15) is 4.79 Å². The third-order valence-corrected chi connectivity index (χ3v) is 3.76. The molecule has 3 aromatic rings. The lowest BCUT2D eigenvalue weighted by Crippen LogP contribution is -2.25. The third kappa shape index (κ3) is 5.05. The number of amides is 1. The van der Waals surface area contributed by atoms with Gasteiger partial charge in [0.2, 0.25) is 0 Å². The molecule has 0 aliphatic carbocycles. The van der Waals surface area contributed by atoms with E-state index in [4.69, 9.17) is 4.74 Å². The fourth-order valence-corrected chi connectivity index (χ4v) is 2.41. The monoisotopic (exact) mass is 344 g/mol. The van der Waals surface area contributed by atoms with Crippen molar-refractivity contribution in [3.05, 3.63) is 84.4 Å². The van der Waals surface area contributed by atoms with Gasteiger partial charge < -0.3 is 4.74 Å². The molecule has 0 aromatic heterocycles. The average Bonchev–Trinajstić information content (AvgIpc) is 2.69. The number of hydrogen-bond donors (Lipinski definition) is 1. The second-order valence-electron chi connectivity index (χ2n) is 5.83. The molecule has 0 radical (unpaired) electrons. The summed E-state index contributed by atoms with van der Waals surface area (Å²) in [5, 5.41) is 6.26. The van der Waals surface area contributed by atoms with Crippen LogP contribution in [0.4, 0.5) is 0 Å². The van der Waals surface area contributed by atoms with Crippen molar-refractivity contribution in [2.45, 2.75) is 6.92 Å². The molecule has 4 nitrogen and oxygen atoms in total. The van der Waals surface area contributed by atoms with Crippen molar-refractivity contribution >= 4 is 28.5 Å². The Labute approximate surface area is 152 Å². The molecule has 0 atom stereocenters. The molecule has 0 aliphatic rings. The van der Waals surface area contributed by atoms with E-state index in [0.717, 1.165) is 16.3 Å². The summed E-state index contributed by atoms with van der Waals surface area (Å²) in [6.45, 7) is 1.74. The van der Waals surface area contributed by atoms with Crippen LogP contribution in [-0.4, -0.2) is 18.2 Å². The number of carbonyl (C=O) groups excluding carboxylic acids is 1. The van der Waals surface area contributed by atoms with Gasteiger partial charge in [-0.1, -0.05) is 66.7 Å². The van der Waals surface area contributed by atoms with Crippen molar-refractivity contribution in [3.8, 4) is 5.75 Å². The van der Waals surface area contributed by atoms with Crippen LogP contribution in [0.2, 0.25) is 0 Å². The van der Waals surface area contributed by atoms with Gasteiger partial charge in [0.05, 0.1) is 5.71 Å². The summed E-state index contributed by atoms with van der Waals surface area (Å²) in [5.41, 5.74) is 4.28. The molecule has 3 rings (SSSR count). The van der Waals surface area contributed by atoms with Crippen LogP contribution >= 0.6 is 0 Å². The highest BCUT2D eigenvalue weighted by molar-refractivity contribution is 5.97. The first kappa shape index (κ1) is 17.4. The van der Waals surface area contributed by atoms with E-state index in [-0.39, 0.29) is 12.5 Å². The van der Waals surface area contributed by atoms with Crippen LogP contribution in [0.15, 0.2) is 84.0 Å². The average molecular weight is 344 g/mol. The summed E-state index contributed by atoms with van der Waals surface area (Å²) in [6.07, 6.45) is 3.79. The molecule has 130 valence electrons. The van der Waals surface area contributed by atoms with Gasteiger partial charge in [-0.3, -0.25) is 4.79 Å². The summed E-state index contributed by atoms with van der Waals surface area (Å²) >= 11 is 0. The molecule has 0 bridgehead atoms. The number of ether oxygens (including phenoxy) is 1. The van der Waals surface area contributed by atoms with Crippen molar-refractivity contribution < 1.29 is 9.53 Å². The number of fused-ring (bicyclic) bond motifs is 1. The highest BCUT2D eigenvalue weighted by Gasteiger charge is 2.02. The SMILES string of the molecule is CC(/C=C\c1ccccc1)=N\NC(=O)COc1ccc2ccccc2c1. The zero-order valence-corrected chi connectivity index (χ0v) is 14.6. The molecule has 1 amide bonds. The van der Waals surface area contributed by atoms with Crippen molar-refractivity contribution in [1.29, 1.82) is 0 Å². The van der Waals surface area contributed by atoms with Crippen molar-refractivity contribution in [2.24, 2.45) is 5.10 Å². The smallest absolute Gasteiger partial charge is 0.277 e. The van der Waals surface area contributed by atoms with Gasteiger partial charge in [0.15, 0.2) is 6.61 Å². The summed E-state index contributed by atoms with van der Waals surface area (Å²) in [5.74, 6) is 0.356. The second-order valence-corrected chi connectivity index (χ2v) is 5.83. The number of carbonyl (C=O) groups is 1. The number of hydrazone groups is 1. The van der Waals surface area contributed by atoms with Crippen LogP contribution in [0.25, 0.3) is 16.8 Å². The number of benzene rings is 3. The molecule has 0 saturated heterocycles. The van der Waals surface area contributed by atoms with Gasteiger partial charge >= 0.3 is 0 Å². The second kappa shape index (κ2) is 8.62. The lowest BCUT2D eigenvalue weighted by molar-refractivity contribution is -0.123. The Balaban J connectivity index is 1.50. The Kier molecular flexibility index (Phi) is 5.78. The van der Waals surface area contributed by atoms with E-state index in [1.54, 1.807) is 0 Å². The lowest BCUT2D eigenvalue weighted by Gasteiger charge is -2.06. The van der Waals surface area contributed by atoms with Gasteiger partial charge in [0.25, 0.3) is 5.91 Å². The van der Waals surface area contributed by atoms with Crippen LogP contribution in [0.1, 0.15) is 12.5 Å². The fourth-order valence-electron chi connectivity index (χ4n) is 2.41. The minimum Gasteiger partial charge on any atom is -0.484 e. The zero-order chi connectivity index (χ0) is 18.2. The zero-order valence-electron chi connectivity index (χ0n) is 14.6. The minimum atomic E-state index is -0.300. The van der Waals surface area contributed by atoms with Crippen molar-refractivity contribution in [1.82, 2.24) is 5.43 Å². The molecule has 0 fully saturated rings. The molecule has 3 aromatic carbocycles. The quantitative estimate of drug-likeness (QED) is 0.531. The summed E-state index contributed by atoms with van der Waals surface area (Å²) in [6, 6.07) is 23.7. The molecule has 0 unspecified atom stereocenters. The standard InChI is InChI=1S/C22H20N2O2/c1-17(11-12-18-7-3-2-4-8-18)23-24-22(25)16-26-21-14-13-19-9-5-6-10-20(19)15-21/h2-15H,16H2,1H3,(H,24,25)/b12-11-,23-17+. The van der Waals surface area contributed by atoms with E-state index in [0.29, 0.717) is 11.5 Å². The largest absolute Gasteiger partial charge is 0.484 e. The van der Waals surface area contributed by atoms with Gasteiger partial charge in [-0.2, -0.15) is 5.10 Å². The molecule has 1 N–H and O–H groups in total. The topological polar surface area (TPSA) is 50.7 Å². The molecule has 0 spiro atoms. The number of allylic oxidation sites excluding steroid dienone is 1. The van der Waals surface area contributed by atoms with E-state index in [1.165, 1.54) is 0 Å². The number of rotatable bonds is 6. The van der Waals surface area contributed by atoms with E-state index in [2.05, 4.69) is 10.5 Å². The van der Waals surface area contributed by atoms with E-state index >= 15 is 0 Å². The van der Waals surface area contributed by atoms with Gasteiger partial charge in [-0.05, 0) is 41.5 Å². The minimum absolute atomic E-state index is 0.0858. The maximum atomic E-state index is 11.9. The van der Waals surface area contributed by atoms with Gasteiger partial charge in [-0.25, -0.2) is 5.43 Å². The van der Waals surface area contributed by atoms with Gasteiger partial charge in [0, 0.05) is 0 Å². The molecule has 26 heavy (non-hydrogen) atoms. The first-order valence-corrected chi connectivity index (χ1v) is 8.38. The molecular weight excluding hydrogens is 324 g/mol. The van der Waals surface area contributed by atoms with Crippen molar-refractivity contribution in [3.63, 3.8) is 0 Å². The maximum absolute atomic E-state index is 11.9. The van der Waals surface area contributed by atoms with Crippen LogP contribution in [-0.2, 0) is 4.79 Å². The summed E-state index contributed by atoms with van der Waals surface area (Å²) < 4.78 is 5.54. The molecule has 0 saturated carbocycles. The number of nitrogens with zero attached hydrogens (tertiary/aromatic N) is 1. The van der Waals surface area contributed by atoms with Gasteiger partial charge in [-0.15, -0.1) is 0 Å². The highest BCUT2D eigenvalue weighted by Crippen LogP contribution is 2.20. The van der Waals surface area contributed by atoms with Crippen LogP contribution in [0.3, 0.4) is 0 Å². The van der Waals surface area contributed by atoms with E-state index < -0.39 is 0 Å². The number of hydrogen-bond acceptors (Lipinski definition) is 3. The Hall–Kier alpha value is -3.40. The first-order valence-electron chi connectivity index (χ1n) is 8.38. The van der Waals surface area contributed by atoms with E-state index in [1.807, 2.05) is 91.9 Å². The molecule has 0 aliphatic heterocycles. The molecule has 4 heteroatoms. The first-order chi connectivity index (χ1) is 12.7. The van der Waals surface area contributed by atoms with Crippen LogP contribution < -0.4 is 10.2 Å². The predicted octanol–water partition coefficient (Wildman–Crippen LogP) is 4.42. The Bertz CT molecular complexity index is 947. The molecular formula is C22H20N2O2. The lowest BCUT2D eigenvalue weighted by atomic mass is 10.1. The Morgan fingerprint density at radius 3 is 2.54 bits per heavy atom.